The number of furan rings is 1. The maximum Gasteiger partial charge on any atom is 0.198 e. The number of ether oxygens (including phenoxy) is 1. The molecular formula is C16H16O3. The Hall–Kier alpha value is -2.03. The van der Waals surface area contributed by atoms with Crippen LogP contribution < -0.4 is 4.74 Å². The maximum absolute atomic E-state index is 12.2. The first-order valence-corrected chi connectivity index (χ1v) is 6.55. The largest absolute Gasteiger partial charge is 0.493 e. The summed E-state index contributed by atoms with van der Waals surface area (Å²) in [6, 6.07) is 11.5. The molecule has 0 bridgehead atoms. The Morgan fingerprint density at radius 2 is 2.11 bits per heavy atom. The molecule has 3 rings (SSSR count). The number of hydrogen-bond acceptors (Lipinski definition) is 3. The third-order valence-electron chi connectivity index (χ3n) is 3.53. The van der Waals surface area contributed by atoms with Gasteiger partial charge in [-0.05, 0) is 43.0 Å². The normalized spacial score (nSPS) is 17.6. The molecule has 0 radical (unpaired) electrons. The van der Waals surface area contributed by atoms with Gasteiger partial charge in [0.25, 0.3) is 0 Å². The lowest BCUT2D eigenvalue weighted by Gasteiger charge is -2.25. The first-order chi connectivity index (χ1) is 9.24. The summed E-state index contributed by atoms with van der Waals surface area (Å²) in [6.45, 7) is 2.52. The Balaban J connectivity index is 1.79. The number of benzene rings is 1. The fourth-order valence-corrected chi connectivity index (χ4v) is 2.54. The lowest BCUT2D eigenvalue weighted by Crippen LogP contribution is -2.17. The smallest absolute Gasteiger partial charge is 0.198 e. The van der Waals surface area contributed by atoms with Gasteiger partial charge in [-0.15, -0.1) is 0 Å². The molecule has 1 aromatic heterocycles. The molecule has 0 N–H and O–H groups in total. The first-order valence-electron chi connectivity index (χ1n) is 6.55. The van der Waals surface area contributed by atoms with E-state index >= 15 is 0 Å². The summed E-state index contributed by atoms with van der Waals surface area (Å²) in [4.78, 5) is 12.2. The number of aryl methyl sites for hydroxylation is 1. The van der Waals surface area contributed by atoms with Crippen LogP contribution in [-0.4, -0.2) is 12.4 Å². The Labute approximate surface area is 112 Å². The summed E-state index contributed by atoms with van der Waals surface area (Å²) in [6.07, 6.45) is 1.36. The molecule has 19 heavy (non-hydrogen) atoms. The average Bonchev–Trinajstić information content (AvgIpc) is 2.86. The zero-order valence-electron chi connectivity index (χ0n) is 10.9. The van der Waals surface area contributed by atoms with Gasteiger partial charge in [0.1, 0.15) is 11.5 Å². The van der Waals surface area contributed by atoms with Gasteiger partial charge in [-0.1, -0.05) is 18.2 Å². The van der Waals surface area contributed by atoms with E-state index in [0.717, 1.165) is 23.5 Å². The van der Waals surface area contributed by atoms with E-state index in [0.29, 0.717) is 18.8 Å². The summed E-state index contributed by atoms with van der Waals surface area (Å²) in [5, 5.41) is 0. The van der Waals surface area contributed by atoms with Gasteiger partial charge in [0, 0.05) is 6.42 Å². The maximum atomic E-state index is 12.2. The number of rotatable bonds is 3. The van der Waals surface area contributed by atoms with E-state index in [1.54, 1.807) is 6.07 Å². The van der Waals surface area contributed by atoms with Crippen LogP contribution in [0.5, 0.6) is 5.75 Å². The van der Waals surface area contributed by atoms with Gasteiger partial charge < -0.3 is 9.15 Å². The van der Waals surface area contributed by atoms with Crippen LogP contribution in [0.1, 0.15) is 40.6 Å². The van der Waals surface area contributed by atoms with Crippen molar-refractivity contribution in [3.63, 3.8) is 0 Å². The number of para-hydroxylation sites is 1. The van der Waals surface area contributed by atoms with Crippen molar-refractivity contribution in [2.75, 3.05) is 6.61 Å². The number of fused-ring (bicyclic) bond motifs is 1. The predicted molar refractivity (Wildman–Crippen MR) is 71.7 cm³/mol. The van der Waals surface area contributed by atoms with Crippen LogP contribution in [0.2, 0.25) is 0 Å². The summed E-state index contributed by atoms with van der Waals surface area (Å²) < 4.78 is 11.0. The van der Waals surface area contributed by atoms with E-state index in [1.165, 1.54) is 0 Å². The van der Waals surface area contributed by atoms with E-state index in [4.69, 9.17) is 9.15 Å². The van der Waals surface area contributed by atoms with Crippen LogP contribution in [0.4, 0.5) is 0 Å². The lowest BCUT2D eigenvalue weighted by molar-refractivity contribution is 0.0937. The molecule has 1 aliphatic rings. The van der Waals surface area contributed by atoms with Crippen LogP contribution in [0.15, 0.2) is 40.8 Å². The molecule has 0 spiro atoms. The summed E-state index contributed by atoms with van der Waals surface area (Å²) >= 11 is 0. The molecule has 1 unspecified atom stereocenters. The van der Waals surface area contributed by atoms with Crippen LogP contribution >= 0.6 is 0 Å². The highest BCUT2D eigenvalue weighted by Crippen LogP contribution is 2.36. The lowest BCUT2D eigenvalue weighted by atomic mass is 9.88. The van der Waals surface area contributed by atoms with Crippen molar-refractivity contribution in [2.45, 2.75) is 25.7 Å². The molecule has 1 aromatic carbocycles. The molecular weight excluding hydrogens is 240 g/mol. The standard InChI is InChI=1S/C16H16O3/c1-11-6-7-16(19-11)14(17)10-12-8-9-18-15-5-3-2-4-13(12)15/h2-7,12H,8-10H2,1H3. The average molecular weight is 256 g/mol. The molecule has 3 nitrogen and oxygen atoms in total. The minimum absolute atomic E-state index is 0.0646. The van der Waals surface area contributed by atoms with Gasteiger partial charge in [-0.25, -0.2) is 0 Å². The molecule has 0 fully saturated rings. The zero-order valence-corrected chi connectivity index (χ0v) is 10.9. The highest BCUT2D eigenvalue weighted by molar-refractivity contribution is 5.94. The summed E-state index contributed by atoms with van der Waals surface area (Å²) in [5.41, 5.74) is 1.13. The van der Waals surface area contributed by atoms with Gasteiger partial charge in [0.2, 0.25) is 0 Å². The molecule has 0 saturated heterocycles. The minimum atomic E-state index is 0.0646. The van der Waals surface area contributed by atoms with E-state index in [9.17, 15) is 4.79 Å². The number of carbonyl (C=O) groups excluding carboxylic acids is 1. The molecule has 2 heterocycles. The van der Waals surface area contributed by atoms with Gasteiger partial charge in [-0.3, -0.25) is 4.79 Å². The van der Waals surface area contributed by atoms with E-state index in [2.05, 4.69) is 0 Å². The van der Waals surface area contributed by atoms with Crippen molar-refractivity contribution < 1.29 is 13.9 Å². The SMILES string of the molecule is Cc1ccc(C(=O)CC2CCOc3ccccc32)o1. The Kier molecular flexibility index (Phi) is 3.11. The van der Waals surface area contributed by atoms with Crippen molar-refractivity contribution >= 4 is 5.78 Å². The van der Waals surface area contributed by atoms with E-state index in [1.807, 2.05) is 37.3 Å². The minimum Gasteiger partial charge on any atom is -0.493 e. The van der Waals surface area contributed by atoms with Gasteiger partial charge in [0.15, 0.2) is 11.5 Å². The molecule has 1 atom stereocenters. The van der Waals surface area contributed by atoms with Crippen LogP contribution in [0, 0.1) is 6.92 Å². The third kappa shape index (κ3) is 2.41. The Morgan fingerprint density at radius 1 is 1.26 bits per heavy atom. The topological polar surface area (TPSA) is 39.4 Å². The van der Waals surface area contributed by atoms with Gasteiger partial charge >= 0.3 is 0 Å². The first kappa shape index (κ1) is 12.0. The molecule has 0 aliphatic carbocycles. The van der Waals surface area contributed by atoms with Crippen molar-refractivity contribution in [2.24, 2.45) is 0 Å². The Bertz CT molecular complexity index is 598. The molecule has 1 aliphatic heterocycles. The second-order valence-electron chi connectivity index (χ2n) is 4.91. The van der Waals surface area contributed by atoms with Gasteiger partial charge in [0.05, 0.1) is 6.61 Å². The number of ketones is 1. The highest BCUT2D eigenvalue weighted by atomic mass is 16.5. The highest BCUT2D eigenvalue weighted by Gasteiger charge is 2.24. The summed E-state index contributed by atoms with van der Waals surface area (Å²) in [5.74, 6) is 2.43. The van der Waals surface area contributed by atoms with Crippen molar-refractivity contribution in [1.29, 1.82) is 0 Å². The molecule has 3 heteroatoms. The van der Waals surface area contributed by atoms with Crippen LogP contribution in [-0.2, 0) is 0 Å². The molecule has 0 saturated carbocycles. The van der Waals surface area contributed by atoms with E-state index < -0.39 is 0 Å². The fraction of sp³-hybridized carbons (Fsp3) is 0.312. The summed E-state index contributed by atoms with van der Waals surface area (Å²) in [7, 11) is 0. The van der Waals surface area contributed by atoms with Crippen LogP contribution in [0.3, 0.4) is 0 Å². The molecule has 98 valence electrons. The zero-order chi connectivity index (χ0) is 13.2. The Morgan fingerprint density at radius 3 is 2.89 bits per heavy atom. The van der Waals surface area contributed by atoms with Gasteiger partial charge in [-0.2, -0.15) is 0 Å². The van der Waals surface area contributed by atoms with E-state index in [-0.39, 0.29) is 11.7 Å². The quantitative estimate of drug-likeness (QED) is 0.785. The number of hydrogen-bond donors (Lipinski definition) is 0. The van der Waals surface area contributed by atoms with Crippen LogP contribution in [0.25, 0.3) is 0 Å². The second kappa shape index (κ2) is 4.92. The molecule has 2 aromatic rings. The predicted octanol–water partition coefficient (Wildman–Crippen LogP) is 3.73. The van der Waals surface area contributed by atoms with Crippen molar-refractivity contribution in [3.8, 4) is 5.75 Å². The number of Topliss-reactive ketones (excluding diaryl/α,β-unsaturated/α-hetero) is 1. The van der Waals surface area contributed by atoms with Crippen molar-refractivity contribution in [1.82, 2.24) is 0 Å². The number of carbonyl (C=O) groups is 1. The van der Waals surface area contributed by atoms with Crippen molar-refractivity contribution in [3.05, 3.63) is 53.5 Å². The monoisotopic (exact) mass is 256 g/mol. The second-order valence-corrected chi connectivity index (χ2v) is 4.91. The third-order valence-corrected chi connectivity index (χ3v) is 3.53. The fourth-order valence-electron chi connectivity index (χ4n) is 2.54. The molecule has 0 amide bonds.